The maximum Gasteiger partial charge on any atom is 0.192 e. The van der Waals surface area contributed by atoms with Gasteiger partial charge in [-0.05, 0) is 104 Å². The first kappa shape index (κ1) is 26.5. The highest BCUT2D eigenvalue weighted by molar-refractivity contribution is 6.74. The fourth-order valence-corrected chi connectivity index (χ4v) is 8.00. The van der Waals surface area contributed by atoms with Crippen molar-refractivity contribution < 1.29 is 19.0 Å². The normalized spacial score (nSPS) is 32.7. The van der Waals surface area contributed by atoms with Crippen LogP contribution in [-0.2, 0) is 4.43 Å². The molecule has 2 fully saturated rings. The van der Waals surface area contributed by atoms with E-state index in [-0.39, 0.29) is 22.0 Å². The van der Waals surface area contributed by atoms with Crippen LogP contribution in [0.25, 0.3) is 0 Å². The van der Waals surface area contributed by atoms with E-state index in [1.807, 2.05) is 30.5 Å². The quantitative estimate of drug-likeness (QED) is 0.238. The summed E-state index contributed by atoms with van der Waals surface area (Å²) in [6.07, 6.45) is 12.4. The van der Waals surface area contributed by atoms with E-state index in [0.717, 1.165) is 50.0 Å². The summed E-state index contributed by atoms with van der Waals surface area (Å²) in [5.74, 6) is 2.08. The molecule has 0 unspecified atom stereocenters. The first-order chi connectivity index (χ1) is 16.3. The summed E-state index contributed by atoms with van der Waals surface area (Å²) in [7, 11) is -0.221. The van der Waals surface area contributed by atoms with Gasteiger partial charge in [0.05, 0.1) is 25.1 Å². The van der Waals surface area contributed by atoms with Crippen LogP contribution in [0.2, 0.25) is 18.1 Å². The molecule has 0 spiro atoms. The largest absolute Gasteiger partial charge is 0.497 e. The lowest BCUT2D eigenvalue weighted by atomic mass is 9.59. The summed E-state index contributed by atoms with van der Waals surface area (Å²) in [5, 5.41) is 12.7. The van der Waals surface area contributed by atoms with E-state index in [1.165, 1.54) is 5.57 Å². The molecule has 0 heterocycles. The molecule has 0 aliphatic heterocycles. The summed E-state index contributed by atoms with van der Waals surface area (Å²) in [5.41, 5.74) is -0.0108. The molecule has 3 aliphatic rings. The van der Waals surface area contributed by atoms with Gasteiger partial charge in [-0.1, -0.05) is 40.7 Å². The average Bonchev–Trinajstić information content (AvgIpc) is 3.13. The Bertz CT molecular complexity index is 971. The van der Waals surface area contributed by atoms with Crippen LogP contribution in [0.5, 0.6) is 11.5 Å². The smallest absolute Gasteiger partial charge is 0.192 e. The summed E-state index contributed by atoms with van der Waals surface area (Å²) in [6, 6.07) is 7.63. The van der Waals surface area contributed by atoms with Crippen LogP contribution in [0, 0.1) is 16.7 Å². The average molecular weight is 499 g/mol. The lowest BCUT2D eigenvalue weighted by Crippen LogP contribution is -2.50. The molecule has 5 heteroatoms. The molecule has 3 aliphatic carbocycles. The third-order valence-corrected chi connectivity index (χ3v) is 14.6. The van der Waals surface area contributed by atoms with Gasteiger partial charge in [0.25, 0.3) is 0 Å². The zero-order chi connectivity index (χ0) is 25.7. The number of aliphatic hydroxyl groups is 1. The molecular formula is C30H46O4Si. The lowest BCUT2D eigenvalue weighted by molar-refractivity contribution is -0.0457. The molecule has 0 saturated heterocycles. The zero-order valence-electron chi connectivity index (χ0n) is 23.1. The van der Waals surface area contributed by atoms with Gasteiger partial charge in [0, 0.05) is 5.41 Å². The SMILES string of the molecule is COc1ccc(O/C=C/[C@@]23CC[C@@H](C[C@@]2(O)C2=C[C@H](O[Si](C)(C)C(C)(C)C)CCC2)C3(C)C)cc1. The van der Waals surface area contributed by atoms with Gasteiger partial charge in [0.2, 0.25) is 0 Å². The minimum Gasteiger partial charge on any atom is -0.497 e. The number of benzene rings is 1. The van der Waals surface area contributed by atoms with Gasteiger partial charge in [-0.3, -0.25) is 0 Å². The van der Waals surface area contributed by atoms with Gasteiger partial charge < -0.3 is 19.0 Å². The second-order valence-corrected chi connectivity index (χ2v) is 17.8. The summed E-state index contributed by atoms with van der Waals surface area (Å²) >= 11 is 0. The van der Waals surface area contributed by atoms with Gasteiger partial charge >= 0.3 is 0 Å². The van der Waals surface area contributed by atoms with Crippen molar-refractivity contribution >= 4 is 8.32 Å². The summed E-state index contributed by atoms with van der Waals surface area (Å²) in [6.45, 7) is 16.2. The molecule has 1 N–H and O–H groups in total. The Morgan fingerprint density at radius 2 is 1.71 bits per heavy atom. The number of hydrogen-bond donors (Lipinski definition) is 1. The van der Waals surface area contributed by atoms with E-state index in [1.54, 1.807) is 7.11 Å². The highest BCUT2D eigenvalue weighted by Gasteiger charge is 2.70. The van der Waals surface area contributed by atoms with Gasteiger partial charge in [-0.15, -0.1) is 0 Å². The molecule has 4 nitrogen and oxygen atoms in total. The van der Waals surface area contributed by atoms with Crippen molar-refractivity contribution in [3.05, 3.63) is 48.3 Å². The van der Waals surface area contributed by atoms with Crippen LogP contribution in [0.4, 0.5) is 0 Å². The number of hydrogen-bond acceptors (Lipinski definition) is 4. The number of methoxy groups -OCH3 is 1. The van der Waals surface area contributed by atoms with Crippen molar-refractivity contribution in [2.75, 3.05) is 7.11 Å². The molecule has 4 atom stereocenters. The summed E-state index contributed by atoms with van der Waals surface area (Å²) in [4.78, 5) is 0. The second-order valence-electron chi connectivity index (χ2n) is 13.1. The van der Waals surface area contributed by atoms with E-state index >= 15 is 0 Å². The van der Waals surface area contributed by atoms with E-state index in [0.29, 0.717) is 5.92 Å². The Morgan fingerprint density at radius 3 is 2.31 bits per heavy atom. The van der Waals surface area contributed by atoms with Gasteiger partial charge in [-0.2, -0.15) is 0 Å². The molecule has 0 amide bonds. The monoisotopic (exact) mass is 498 g/mol. The maximum atomic E-state index is 12.5. The van der Waals surface area contributed by atoms with Gasteiger partial charge in [0.1, 0.15) is 11.5 Å². The molecule has 2 saturated carbocycles. The van der Waals surface area contributed by atoms with E-state index < -0.39 is 13.9 Å². The summed E-state index contributed by atoms with van der Waals surface area (Å²) < 4.78 is 18.1. The standard InChI is InChI=1S/C30H46O4Si/c1-27(2,3)35(7,8)34-26-11-9-10-22(20-26)30(31)21-23-16-17-29(30,28(23,4)5)18-19-33-25-14-12-24(32-6)13-15-25/h12-15,18-20,23,26,31H,9-11,16-17,21H2,1-8H3/b19-18+/t23-,26+,29+,30+/m0/s1. The van der Waals surface area contributed by atoms with Crippen molar-refractivity contribution in [3.8, 4) is 11.5 Å². The number of rotatable bonds is 7. The van der Waals surface area contributed by atoms with Crippen LogP contribution >= 0.6 is 0 Å². The van der Waals surface area contributed by atoms with E-state index in [9.17, 15) is 5.11 Å². The minimum absolute atomic E-state index is 0.00438. The van der Waals surface area contributed by atoms with Crippen molar-refractivity contribution in [2.24, 2.45) is 16.7 Å². The highest BCUT2D eigenvalue weighted by Crippen LogP contribution is 2.72. The molecule has 35 heavy (non-hydrogen) atoms. The van der Waals surface area contributed by atoms with Crippen molar-refractivity contribution in [1.29, 1.82) is 0 Å². The Morgan fingerprint density at radius 1 is 1.06 bits per heavy atom. The first-order valence-electron chi connectivity index (χ1n) is 13.4. The van der Waals surface area contributed by atoms with E-state index in [4.69, 9.17) is 13.9 Å². The van der Waals surface area contributed by atoms with Gasteiger partial charge in [-0.25, -0.2) is 0 Å². The van der Waals surface area contributed by atoms with E-state index in [2.05, 4.69) is 59.9 Å². The Kier molecular flexibility index (Phi) is 6.87. The molecular weight excluding hydrogens is 452 g/mol. The predicted molar refractivity (Wildman–Crippen MR) is 145 cm³/mol. The van der Waals surface area contributed by atoms with Crippen LogP contribution in [0.15, 0.2) is 48.3 Å². The van der Waals surface area contributed by atoms with Crippen LogP contribution < -0.4 is 9.47 Å². The molecule has 0 aromatic heterocycles. The van der Waals surface area contributed by atoms with Crippen molar-refractivity contribution in [1.82, 2.24) is 0 Å². The predicted octanol–water partition coefficient (Wildman–Crippen LogP) is 7.65. The molecule has 1 aromatic carbocycles. The molecule has 0 radical (unpaired) electrons. The Hall–Kier alpha value is -1.56. The number of ether oxygens (including phenoxy) is 2. The number of fused-ring (bicyclic) bond motifs is 2. The topological polar surface area (TPSA) is 47.9 Å². The first-order valence-corrected chi connectivity index (χ1v) is 16.3. The van der Waals surface area contributed by atoms with Crippen LogP contribution in [0.3, 0.4) is 0 Å². The molecule has 2 bridgehead atoms. The zero-order valence-corrected chi connectivity index (χ0v) is 24.1. The van der Waals surface area contributed by atoms with Crippen LogP contribution in [0.1, 0.15) is 73.1 Å². The minimum atomic E-state index is -1.88. The third kappa shape index (κ3) is 4.42. The molecule has 1 aromatic rings. The third-order valence-electron chi connectivity index (χ3n) is 10.1. The Balaban J connectivity index is 1.62. The fraction of sp³-hybridized carbons (Fsp3) is 0.667. The van der Waals surface area contributed by atoms with Crippen LogP contribution in [-0.4, -0.2) is 32.2 Å². The molecule has 4 rings (SSSR count). The fourth-order valence-electron chi connectivity index (χ4n) is 6.70. The Labute approximate surface area is 213 Å². The van der Waals surface area contributed by atoms with Crippen molar-refractivity contribution in [2.45, 2.75) is 103 Å². The lowest BCUT2D eigenvalue weighted by Gasteiger charge is -2.48. The highest BCUT2D eigenvalue weighted by atomic mass is 28.4. The second kappa shape index (κ2) is 9.07. The van der Waals surface area contributed by atoms with Gasteiger partial charge in [0.15, 0.2) is 8.32 Å². The maximum absolute atomic E-state index is 12.5. The molecule has 194 valence electrons. The van der Waals surface area contributed by atoms with Crippen molar-refractivity contribution in [3.63, 3.8) is 0 Å².